The highest BCUT2D eigenvalue weighted by Crippen LogP contribution is 2.36. The molecule has 0 aromatic rings. The lowest BCUT2D eigenvalue weighted by atomic mass is 9.73. The molecule has 0 spiro atoms. The van der Waals surface area contributed by atoms with Gasteiger partial charge in [-0.05, 0) is 30.7 Å². The van der Waals surface area contributed by atoms with E-state index in [1.807, 2.05) is 0 Å². The monoisotopic (exact) mass is 205 g/mol. The zero-order valence-electron chi connectivity index (χ0n) is 10.2. The average molecular weight is 205 g/mol. The van der Waals surface area contributed by atoms with E-state index in [2.05, 4.69) is 43.9 Å². The van der Waals surface area contributed by atoms with Crippen LogP contribution in [0.3, 0.4) is 0 Å². The Kier molecular flexibility index (Phi) is 3.30. The minimum absolute atomic E-state index is 0.763. The molecule has 2 aliphatic rings. The molecule has 84 valence electrons. The quantitative estimate of drug-likeness (QED) is 0.669. The second-order valence-electron chi connectivity index (χ2n) is 5.20. The SMILES string of the molecule is CCN1CCC2=CC=CC(C(C)C)C2C1. The van der Waals surface area contributed by atoms with Crippen molar-refractivity contribution in [3.8, 4) is 0 Å². The molecule has 0 saturated carbocycles. The van der Waals surface area contributed by atoms with E-state index in [-0.39, 0.29) is 0 Å². The van der Waals surface area contributed by atoms with Gasteiger partial charge in [-0.25, -0.2) is 0 Å². The van der Waals surface area contributed by atoms with E-state index in [1.54, 1.807) is 5.57 Å². The molecular weight excluding hydrogens is 182 g/mol. The molecule has 1 fully saturated rings. The summed E-state index contributed by atoms with van der Waals surface area (Å²) in [5.74, 6) is 2.33. The van der Waals surface area contributed by atoms with Gasteiger partial charge in [0.25, 0.3) is 0 Å². The fourth-order valence-electron chi connectivity index (χ4n) is 2.95. The highest BCUT2D eigenvalue weighted by atomic mass is 15.1. The number of nitrogens with zero attached hydrogens (tertiary/aromatic N) is 1. The van der Waals surface area contributed by atoms with Gasteiger partial charge in [0.15, 0.2) is 0 Å². The first-order valence-electron chi connectivity index (χ1n) is 6.32. The first-order chi connectivity index (χ1) is 7.22. The summed E-state index contributed by atoms with van der Waals surface area (Å²) < 4.78 is 0. The molecule has 2 unspecified atom stereocenters. The molecule has 1 saturated heterocycles. The Morgan fingerprint density at radius 2 is 2.27 bits per heavy atom. The van der Waals surface area contributed by atoms with Gasteiger partial charge in [0, 0.05) is 13.1 Å². The summed E-state index contributed by atoms with van der Waals surface area (Å²) >= 11 is 0. The lowest BCUT2D eigenvalue weighted by Crippen LogP contribution is -2.41. The molecule has 0 amide bonds. The Hall–Kier alpha value is -0.560. The number of fused-ring (bicyclic) bond motifs is 1. The predicted molar refractivity (Wildman–Crippen MR) is 65.8 cm³/mol. The molecule has 0 aromatic heterocycles. The van der Waals surface area contributed by atoms with Gasteiger partial charge in [0.05, 0.1) is 0 Å². The number of allylic oxidation sites excluding steroid dienone is 3. The van der Waals surface area contributed by atoms with Gasteiger partial charge >= 0.3 is 0 Å². The van der Waals surface area contributed by atoms with Gasteiger partial charge < -0.3 is 4.90 Å². The van der Waals surface area contributed by atoms with Crippen molar-refractivity contribution >= 4 is 0 Å². The van der Waals surface area contributed by atoms with E-state index in [0.29, 0.717) is 0 Å². The topological polar surface area (TPSA) is 3.24 Å². The van der Waals surface area contributed by atoms with E-state index in [1.165, 1.54) is 26.1 Å². The maximum atomic E-state index is 2.59. The Bertz CT molecular complexity index is 275. The lowest BCUT2D eigenvalue weighted by molar-refractivity contribution is 0.179. The normalized spacial score (nSPS) is 31.6. The third-order valence-corrected chi connectivity index (χ3v) is 3.97. The molecular formula is C14H23N. The molecule has 0 radical (unpaired) electrons. The zero-order chi connectivity index (χ0) is 10.8. The Balaban J connectivity index is 2.13. The summed E-state index contributed by atoms with van der Waals surface area (Å²) in [5, 5.41) is 0. The van der Waals surface area contributed by atoms with Crippen LogP contribution >= 0.6 is 0 Å². The lowest BCUT2D eigenvalue weighted by Gasteiger charge is -2.40. The molecule has 15 heavy (non-hydrogen) atoms. The van der Waals surface area contributed by atoms with Crippen LogP contribution in [0, 0.1) is 17.8 Å². The van der Waals surface area contributed by atoms with Crippen LogP contribution in [-0.2, 0) is 0 Å². The fraction of sp³-hybridized carbons (Fsp3) is 0.714. The van der Waals surface area contributed by atoms with Crippen LogP contribution in [0.1, 0.15) is 27.2 Å². The maximum Gasteiger partial charge on any atom is 0.00529 e. The van der Waals surface area contributed by atoms with Crippen molar-refractivity contribution in [1.29, 1.82) is 0 Å². The molecule has 0 bridgehead atoms. The molecule has 2 rings (SSSR count). The van der Waals surface area contributed by atoms with E-state index < -0.39 is 0 Å². The largest absolute Gasteiger partial charge is 0.303 e. The van der Waals surface area contributed by atoms with E-state index in [0.717, 1.165) is 17.8 Å². The van der Waals surface area contributed by atoms with Gasteiger partial charge in [-0.3, -0.25) is 0 Å². The number of hydrogen-bond acceptors (Lipinski definition) is 1. The Labute approximate surface area is 93.9 Å². The highest BCUT2D eigenvalue weighted by Gasteiger charge is 2.31. The van der Waals surface area contributed by atoms with Crippen LogP contribution in [0.15, 0.2) is 23.8 Å². The third kappa shape index (κ3) is 2.17. The minimum atomic E-state index is 0.763. The van der Waals surface area contributed by atoms with E-state index in [9.17, 15) is 0 Å². The molecule has 0 N–H and O–H groups in total. The number of likely N-dealkylation sites (tertiary alicyclic amines) is 1. The number of hydrogen-bond donors (Lipinski definition) is 0. The fourth-order valence-corrected chi connectivity index (χ4v) is 2.95. The smallest absolute Gasteiger partial charge is 0.00529 e. The molecule has 1 heteroatoms. The Morgan fingerprint density at radius 3 is 2.93 bits per heavy atom. The number of piperidine rings is 1. The van der Waals surface area contributed by atoms with Gasteiger partial charge in [-0.1, -0.05) is 44.6 Å². The summed E-state index contributed by atoms with van der Waals surface area (Å²) in [6.45, 7) is 10.7. The van der Waals surface area contributed by atoms with Crippen molar-refractivity contribution < 1.29 is 0 Å². The second-order valence-corrected chi connectivity index (χ2v) is 5.20. The zero-order valence-corrected chi connectivity index (χ0v) is 10.2. The van der Waals surface area contributed by atoms with Crippen molar-refractivity contribution in [2.45, 2.75) is 27.2 Å². The molecule has 1 aliphatic carbocycles. The first-order valence-corrected chi connectivity index (χ1v) is 6.32. The van der Waals surface area contributed by atoms with Crippen molar-refractivity contribution in [3.63, 3.8) is 0 Å². The molecule has 0 aromatic carbocycles. The summed E-state index contributed by atoms with van der Waals surface area (Å²) in [6, 6.07) is 0. The van der Waals surface area contributed by atoms with Crippen LogP contribution in [-0.4, -0.2) is 24.5 Å². The van der Waals surface area contributed by atoms with E-state index in [4.69, 9.17) is 0 Å². The van der Waals surface area contributed by atoms with Crippen LogP contribution in [0.25, 0.3) is 0 Å². The van der Waals surface area contributed by atoms with Gasteiger partial charge in [-0.15, -0.1) is 0 Å². The van der Waals surface area contributed by atoms with Crippen molar-refractivity contribution in [3.05, 3.63) is 23.8 Å². The van der Waals surface area contributed by atoms with Crippen LogP contribution < -0.4 is 0 Å². The Morgan fingerprint density at radius 1 is 1.47 bits per heavy atom. The summed E-state index contributed by atoms with van der Waals surface area (Å²) in [4.78, 5) is 2.59. The average Bonchev–Trinajstić information content (AvgIpc) is 2.27. The van der Waals surface area contributed by atoms with Crippen molar-refractivity contribution in [2.24, 2.45) is 17.8 Å². The third-order valence-electron chi connectivity index (χ3n) is 3.97. The minimum Gasteiger partial charge on any atom is -0.303 e. The second kappa shape index (κ2) is 4.52. The van der Waals surface area contributed by atoms with Crippen LogP contribution in [0.5, 0.6) is 0 Å². The van der Waals surface area contributed by atoms with Gasteiger partial charge in [-0.2, -0.15) is 0 Å². The number of rotatable bonds is 2. The standard InChI is InChI=1S/C14H23N/c1-4-15-9-8-12-6-5-7-13(11(2)3)14(12)10-15/h5-7,11,13-14H,4,8-10H2,1-3H3. The van der Waals surface area contributed by atoms with Crippen molar-refractivity contribution in [2.75, 3.05) is 19.6 Å². The highest BCUT2D eigenvalue weighted by molar-refractivity contribution is 5.25. The maximum absolute atomic E-state index is 2.59. The summed E-state index contributed by atoms with van der Waals surface area (Å²) in [5.41, 5.74) is 1.70. The van der Waals surface area contributed by atoms with Crippen LogP contribution in [0.4, 0.5) is 0 Å². The van der Waals surface area contributed by atoms with Crippen molar-refractivity contribution in [1.82, 2.24) is 4.90 Å². The first kappa shape index (κ1) is 10.9. The molecule has 1 nitrogen and oxygen atoms in total. The summed E-state index contributed by atoms with van der Waals surface area (Å²) in [6.07, 6.45) is 8.33. The van der Waals surface area contributed by atoms with Gasteiger partial charge in [0.1, 0.15) is 0 Å². The molecule has 1 aliphatic heterocycles. The summed E-state index contributed by atoms with van der Waals surface area (Å²) in [7, 11) is 0. The van der Waals surface area contributed by atoms with Crippen LogP contribution in [0.2, 0.25) is 0 Å². The molecule has 1 heterocycles. The van der Waals surface area contributed by atoms with Gasteiger partial charge in [0.2, 0.25) is 0 Å². The molecule has 2 atom stereocenters. The predicted octanol–water partition coefficient (Wildman–Crippen LogP) is 3.10. The van der Waals surface area contributed by atoms with E-state index >= 15 is 0 Å².